The second kappa shape index (κ2) is 31.7. The molecule has 0 bridgehead atoms. The molecule has 53 heavy (non-hydrogen) atoms. The number of phosphoric acid groups is 1. The molecular formula is C40H68NO11P. The molecule has 1 saturated heterocycles. The highest BCUT2D eigenvalue weighted by atomic mass is 31.2. The van der Waals surface area contributed by atoms with Crippen molar-refractivity contribution < 1.29 is 52.2 Å². The van der Waals surface area contributed by atoms with Crippen molar-refractivity contribution in [3.63, 3.8) is 0 Å². The second-order valence-corrected chi connectivity index (χ2v) is 14.9. The lowest BCUT2D eigenvalue weighted by Crippen LogP contribution is -2.34. The lowest BCUT2D eigenvalue weighted by Gasteiger charge is -2.20. The summed E-state index contributed by atoms with van der Waals surface area (Å²) in [6, 6.07) is -1.53. The second-order valence-electron chi connectivity index (χ2n) is 13.4. The van der Waals surface area contributed by atoms with Crippen LogP contribution in [-0.4, -0.2) is 72.1 Å². The average Bonchev–Trinajstić information content (AvgIpc) is 3.89. The predicted octanol–water partition coefficient (Wildman–Crippen LogP) is 8.82. The number of phosphoric ester groups is 1. The fourth-order valence-electron chi connectivity index (χ4n) is 5.14. The number of ether oxygens (including phenoxy) is 3. The van der Waals surface area contributed by atoms with Crippen LogP contribution in [0.2, 0.25) is 0 Å². The first-order valence-electron chi connectivity index (χ1n) is 19.8. The SMILES string of the molecule is CCCC/C=C\CCCCCCCC(=O)OC[C@H](COP(=O)(O)OC[C@H](N)C(=O)O)OC(=O)CCC/C=C\CC1OC1C/C=C\C/C=C\CCCCC. The van der Waals surface area contributed by atoms with Crippen molar-refractivity contribution in [3.8, 4) is 0 Å². The van der Waals surface area contributed by atoms with E-state index in [2.05, 4.69) is 60.9 Å². The van der Waals surface area contributed by atoms with E-state index in [1.54, 1.807) is 0 Å². The molecule has 0 aromatic heterocycles. The normalized spacial score (nSPS) is 18.2. The van der Waals surface area contributed by atoms with Gasteiger partial charge in [-0.2, -0.15) is 0 Å². The number of carbonyl (C=O) groups is 3. The molecule has 0 aliphatic carbocycles. The lowest BCUT2D eigenvalue weighted by atomic mass is 10.1. The third-order valence-electron chi connectivity index (χ3n) is 8.45. The molecule has 13 heteroatoms. The van der Waals surface area contributed by atoms with Crippen molar-refractivity contribution in [2.45, 2.75) is 167 Å². The van der Waals surface area contributed by atoms with Crippen LogP contribution in [0.1, 0.15) is 142 Å². The number of unbranched alkanes of at least 4 members (excludes halogenated alkanes) is 11. The van der Waals surface area contributed by atoms with E-state index in [1.165, 1.54) is 32.1 Å². The van der Waals surface area contributed by atoms with Crippen molar-refractivity contribution in [2.75, 3.05) is 19.8 Å². The average molecular weight is 770 g/mol. The number of epoxide rings is 1. The van der Waals surface area contributed by atoms with E-state index in [0.717, 1.165) is 64.2 Å². The summed E-state index contributed by atoms with van der Waals surface area (Å²) in [5.74, 6) is -2.48. The Kier molecular flexibility index (Phi) is 29.0. The number of hydrogen-bond donors (Lipinski definition) is 3. The van der Waals surface area contributed by atoms with Crippen LogP contribution in [0.15, 0.2) is 48.6 Å². The highest BCUT2D eigenvalue weighted by Gasteiger charge is 2.36. The van der Waals surface area contributed by atoms with Gasteiger partial charge >= 0.3 is 25.7 Å². The zero-order valence-electron chi connectivity index (χ0n) is 32.3. The van der Waals surface area contributed by atoms with Gasteiger partial charge < -0.3 is 29.9 Å². The molecule has 1 aliphatic rings. The minimum absolute atomic E-state index is 0.0739. The summed E-state index contributed by atoms with van der Waals surface area (Å²) in [5, 5.41) is 8.87. The molecule has 3 unspecified atom stereocenters. The summed E-state index contributed by atoms with van der Waals surface area (Å²) in [5.41, 5.74) is 5.31. The third-order valence-corrected chi connectivity index (χ3v) is 9.40. The van der Waals surface area contributed by atoms with E-state index >= 15 is 0 Å². The summed E-state index contributed by atoms with van der Waals surface area (Å²) in [6.45, 7) is 2.63. The first kappa shape index (κ1) is 48.4. The quantitative estimate of drug-likeness (QED) is 0.0183. The topological polar surface area (TPSA) is 184 Å². The predicted molar refractivity (Wildman–Crippen MR) is 207 cm³/mol. The van der Waals surface area contributed by atoms with Gasteiger partial charge in [-0.3, -0.25) is 23.4 Å². The monoisotopic (exact) mass is 769 g/mol. The molecule has 1 aliphatic heterocycles. The summed E-state index contributed by atoms with van der Waals surface area (Å²) < 4.78 is 38.3. The molecule has 304 valence electrons. The van der Waals surface area contributed by atoms with Crippen LogP contribution < -0.4 is 5.73 Å². The number of aliphatic carboxylic acids is 1. The van der Waals surface area contributed by atoms with Crippen molar-refractivity contribution in [2.24, 2.45) is 5.73 Å². The molecule has 12 nitrogen and oxygen atoms in total. The van der Waals surface area contributed by atoms with E-state index in [9.17, 15) is 23.8 Å². The van der Waals surface area contributed by atoms with E-state index in [-0.39, 0.29) is 31.7 Å². The fraction of sp³-hybridized carbons (Fsp3) is 0.725. The van der Waals surface area contributed by atoms with Gasteiger partial charge in [0.15, 0.2) is 6.10 Å². The Morgan fingerprint density at radius 3 is 1.91 bits per heavy atom. The number of rotatable bonds is 35. The van der Waals surface area contributed by atoms with E-state index in [0.29, 0.717) is 19.3 Å². The summed E-state index contributed by atoms with van der Waals surface area (Å²) in [7, 11) is -4.73. The molecule has 0 radical (unpaired) electrons. The molecular weight excluding hydrogens is 701 g/mol. The maximum Gasteiger partial charge on any atom is 0.472 e. The van der Waals surface area contributed by atoms with Crippen molar-refractivity contribution in [1.29, 1.82) is 0 Å². The number of carbonyl (C=O) groups excluding carboxylic acids is 2. The molecule has 1 rings (SSSR count). The third kappa shape index (κ3) is 29.4. The van der Waals surface area contributed by atoms with Gasteiger partial charge in [-0.25, -0.2) is 4.57 Å². The van der Waals surface area contributed by atoms with E-state index in [4.69, 9.17) is 29.6 Å². The van der Waals surface area contributed by atoms with Gasteiger partial charge in [0, 0.05) is 12.8 Å². The molecule has 0 aromatic rings. The summed E-state index contributed by atoms with van der Waals surface area (Å²) >= 11 is 0. The minimum atomic E-state index is -4.73. The lowest BCUT2D eigenvalue weighted by molar-refractivity contribution is -0.161. The Balaban J connectivity index is 2.38. The van der Waals surface area contributed by atoms with Crippen LogP contribution in [-0.2, 0) is 42.2 Å². The summed E-state index contributed by atoms with van der Waals surface area (Å²) in [4.78, 5) is 45.8. The van der Waals surface area contributed by atoms with E-state index in [1.807, 2.05) is 6.08 Å². The number of carboxylic acid groups (broad SMARTS) is 1. The van der Waals surface area contributed by atoms with Gasteiger partial charge in [0.1, 0.15) is 12.6 Å². The first-order valence-corrected chi connectivity index (χ1v) is 21.3. The van der Waals surface area contributed by atoms with Crippen LogP contribution in [0.5, 0.6) is 0 Å². The maximum absolute atomic E-state index is 12.6. The van der Waals surface area contributed by atoms with Gasteiger partial charge in [-0.05, 0) is 70.6 Å². The molecule has 0 amide bonds. The molecule has 4 N–H and O–H groups in total. The molecule has 0 aromatic carbocycles. The van der Waals surface area contributed by atoms with Gasteiger partial charge in [0.05, 0.1) is 25.4 Å². The first-order chi connectivity index (χ1) is 25.6. The molecule has 0 saturated carbocycles. The Bertz CT molecular complexity index is 1160. The van der Waals surface area contributed by atoms with Gasteiger partial charge in [-0.1, -0.05) is 107 Å². The Morgan fingerprint density at radius 1 is 0.679 bits per heavy atom. The highest BCUT2D eigenvalue weighted by molar-refractivity contribution is 7.47. The Labute approximate surface area is 318 Å². The van der Waals surface area contributed by atoms with Crippen LogP contribution in [0.25, 0.3) is 0 Å². The smallest absolute Gasteiger partial charge is 0.472 e. The van der Waals surface area contributed by atoms with Crippen LogP contribution >= 0.6 is 7.82 Å². The van der Waals surface area contributed by atoms with Crippen molar-refractivity contribution >= 4 is 25.7 Å². The number of esters is 2. The number of allylic oxidation sites excluding steroid dienone is 6. The van der Waals surface area contributed by atoms with Crippen LogP contribution in [0.3, 0.4) is 0 Å². The maximum atomic E-state index is 12.6. The van der Waals surface area contributed by atoms with Gasteiger partial charge in [0.2, 0.25) is 0 Å². The fourth-order valence-corrected chi connectivity index (χ4v) is 5.91. The van der Waals surface area contributed by atoms with Crippen LogP contribution in [0.4, 0.5) is 0 Å². The zero-order valence-corrected chi connectivity index (χ0v) is 33.2. The molecule has 1 heterocycles. The largest absolute Gasteiger partial charge is 0.480 e. The van der Waals surface area contributed by atoms with Gasteiger partial charge in [-0.15, -0.1) is 0 Å². The summed E-state index contributed by atoms with van der Waals surface area (Å²) in [6.07, 6.45) is 35.0. The minimum Gasteiger partial charge on any atom is -0.480 e. The number of nitrogens with two attached hydrogens (primary N) is 1. The number of carboxylic acids is 1. The van der Waals surface area contributed by atoms with Crippen molar-refractivity contribution in [3.05, 3.63) is 48.6 Å². The Morgan fingerprint density at radius 2 is 1.21 bits per heavy atom. The van der Waals surface area contributed by atoms with Crippen LogP contribution in [0, 0.1) is 0 Å². The van der Waals surface area contributed by atoms with Gasteiger partial charge in [0.25, 0.3) is 0 Å². The highest BCUT2D eigenvalue weighted by Crippen LogP contribution is 2.43. The zero-order chi connectivity index (χ0) is 39.0. The number of hydrogen-bond acceptors (Lipinski definition) is 10. The molecule has 0 spiro atoms. The standard InChI is InChI=1S/C40H68NO11P/c1-3-5-7-9-11-13-14-16-18-20-25-29-38(42)48-31-34(32-49-53(46,47)50-33-35(41)40(44)45)51-39(43)30-26-22-21-24-28-37-36(52-37)27-23-19-17-15-12-10-8-6-4-2/h9,11-12,15,19,21,23-24,34-37H,3-8,10,13-14,16-18,20,22,25-33,41H2,1-2H3,(H,44,45)(H,46,47)/b11-9-,15-12-,23-19-,24-21-/t34-,35+,36?,37?/m1/s1. The van der Waals surface area contributed by atoms with E-state index < -0.39 is 51.1 Å². The molecule has 5 atom stereocenters. The Hall–Kier alpha value is -2.60. The van der Waals surface area contributed by atoms with Crippen molar-refractivity contribution in [1.82, 2.24) is 0 Å². The molecule has 1 fully saturated rings.